The van der Waals surface area contributed by atoms with E-state index in [1.165, 1.54) is 43.2 Å². The smallest absolute Gasteiger partial charge is 0.504 e. The molecule has 1 amide bonds. The molecule has 2 aromatic carbocycles. The number of phenolic OH excluding ortho intramolecular Hbond substituents is 1. The van der Waals surface area contributed by atoms with Crippen LogP contribution in [0, 0.1) is 5.92 Å². The molecule has 218 valence electrons. The highest BCUT2D eigenvalue weighted by Crippen LogP contribution is 2.65. The lowest BCUT2D eigenvalue weighted by Gasteiger charge is -2.64. The molecule has 2 heterocycles. The number of rotatable bonds is 6. The number of benzene rings is 2. The zero-order valence-corrected chi connectivity index (χ0v) is 22.7. The van der Waals surface area contributed by atoms with Crippen LogP contribution >= 0.6 is 0 Å². The molecule has 1 spiro atoms. The predicted octanol–water partition coefficient (Wildman–Crippen LogP) is 4.40. The Bertz CT molecular complexity index is 1420. The first kappa shape index (κ1) is 26.6. The van der Waals surface area contributed by atoms with E-state index in [2.05, 4.69) is 9.64 Å². The molecule has 7 nitrogen and oxygen atoms in total. The number of halogens is 3. The van der Waals surface area contributed by atoms with E-state index in [0.29, 0.717) is 36.5 Å². The fraction of sp³-hybridized carbons (Fsp3) is 0.516. The number of nitrogens with zero attached hydrogens (tertiary/aromatic N) is 2. The maximum atomic E-state index is 13.3. The lowest BCUT2D eigenvalue weighted by Crippen LogP contribution is -2.77. The second-order valence-corrected chi connectivity index (χ2v) is 12.4. The third-order valence-electron chi connectivity index (χ3n) is 10.1. The van der Waals surface area contributed by atoms with E-state index >= 15 is 0 Å². The summed E-state index contributed by atoms with van der Waals surface area (Å²) in [5.41, 5.74) is 0.666. The second-order valence-electron chi connectivity index (χ2n) is 12.4. The molecule has 3 unspecified atom stereocenters. The first-order valence-corrected chi connectivity index (χ1v) is 14.3. The number of piperidine rings is 1. The molecule has 2 saturated carbocycles. The molecule has 10 heteroatoms. The third kappa shape index (κ3) is 4.21. The molecule has 2 aromatic rings. The second kappa shape index (κ2) is 9.13. The number of hydrogen-bond donors (Lipinski definition) is 2. The monoisotopic (exact) mass is 570 g/mol. The van der Waals surface area contributed by atoms with E-state index in [1.807, 2.05) is 6.07 Å². The number of aliphatic hydroxyl groups is 1. The van der Waals surface area contributed by atoms with Crippen LogP contribution in [0.4, 0.5) is 13.2 Å². The highest BCUT2D eigenvalue weighted by atomic mass is 19.4. The van der Waals surface area contributed by atoms with Crippen molar-refractivity contribution in [3.8, 4) is 17.2 Å². The molecule has 2 bridgehead atoms. The fourth-order valence-electron chi connectivity index (χ4n) is 8.06. The van der Waals surface area contributed by atoms with Crippen LogP contribution in [-0.2, 0) is 16.6 Å². The van der Waals surface area contributed by atoms with Gasteiger partial charge in [-0.1, -0.05) is 18.2 Å². The molecule has 5 atom stereocenters. The van der Waals surface area contributed by atoms with Crippen LogP contribution in [0.15, 0.2) is 42.5 Å². The lowest BCUT2D eigenvalue weighted by atomic mass is 9.48. The summed E-state index contributed by atoms with van der Waals surface area (Å²) in [6.07, 6.45) is 2.27. The highest BCUT2D eigenvalue weighted by Gasteiger charge is 2.72. The van der Waals surface area contributed by atoms with Gasteiger partial charge in [0.25, 0.3) is 0 Å². The van der Waals surface area contributed by atoms with Gasteiger partial charge in [-0.15, -0.1) is 13.2 Å². The summed E-state index contributed by atoms with van der Waals surface area (Å²) in [6.45, 7) is 1.81. The number of alkyl halides is 3. The molecule has 3 aliphatic carbocycles. The van der Waals surface area contributed by atoms with E-state index in [-0.39, 0.29) is 29.5 Å². The van der Waals surface area contributed by atoms with Gasteiger partial charge >= 0.3 is 6.36 Å². The number of amides is 1. The minimum atomic E-state index is -4.80. The van der Waals surface area contributed by atoms with Gasteiger partial charge in [0.15, 0.2) is 11.5 Å². The van der Waals surface area contributed by atoms with E-state index in [9.17, 15) is 28.2 Å². The van der Waals surface area contributed by atoms with Gasteiger partial charge in [-0.2, -0.15) is 0 Å². The van der Waals surface area contributed by atoms with Gasteiger partial charge in [-0.3, -0.25) is 9.69 Å². The Balaban J connectivity index is 1.17. The van der Waals surface area contributed by atoms with E-state index in [4.69, 9.17) is 4.74 Å². The van der Waals surface area contributed by atoms with Gasteiger partial charge < -0.3 is 24.6 Å². The van der Waals surface area contributed by atoms with Gasteiger partial charge in [-0.25, -0.2) is 0 Å². The van der Waals surface area contributed by atoms with E-state index in [0.717, 1.165) is 30.6 Å². The average molecular weight is 571 g/mol. The van der Waals surface area contributed by atoms with Gasteiger partial charge in [0.05, 0.1) is 11.0 Å². The molecule has 41 heavy (non-hydrogen) atoms. The minimum absolute atomic E-state index is 0.0781. The number of likely N-dealkylation sites (N-methyl/N-ethyl adjacent to an activating group) is 1. The molecule has 0 radical (unpaired) electrons. The zero-order valence-electron chi connectivity index (χ0n) is 22.7. The first-order valence-electron chi connectivity index (χ1n) is 14.3. The van der Waals surface area contributed by atoms with Crippen LogP contribution in [0.3, 0.4) is 0 Å². The normalized spacial score (nSPS) is 32.0. The summed E-state index contributed by atoms with van der Waals surface area (Å²) in [5.74, 6) is 0.519. The number of carbonyl (C=O) groups excluding carboxylic acids is 1. The maximum Gasteiger partial charge on any atom is 0.573 e. The van der Waals surface area contributed by atoms with Gasteiger partial charge in [0, 0.05) is 43.7 Å². The molecule has 5 aliphatic rings. The number of hydrogen-bond acceptors (Lipinski definition) is 6. The lowest BCUT2D eigenvalue weighted by molar-refractivity contribution is -0.274. The van der Waals surface area contributed by atoms with E-state index in [1.54, 1.807) is 24.1 Å². The first-order chi connectivity index (χ1) is 19.5. The zero-order chi connectivity index (χ0) is 28.7. The summed E-state index contributed by atoms with van der Waals surface area (Å²) in [7, 11) is 1.69. The molecular formula is C31H33F3N2O5. The molecule has 2 N–H and O–H groups in total. The van der Waals surface area contributed by atoms with Crippen LogP contribution < -0.4 is 9.47 Å². The van der Waals surface area contributed by atoms with Crippen LogP contribution in [-0.4, -0.2) is 76.2 Å². The van der Waals surface area contributed by atoms with Gasteiger partial charge in [0.2, 0.25) is 5.91 Å². The molecule has 2 aliphatic heterocycles. The average Bonchev–Trinajstić information content (AvgIpc) is 3.66. The molecule has 0 aromatic heterocycles. The summed E-state index contributed by atoms with van der Waals surface area (Å²) >= 11 is 0. The highest BCUT2D eigenvalue weighted by molar-refractivity contribution is 5.92. The van der Waals surface area contributed by atoms with Crippen molar-refractivity contribution in [2.75, 3.05) is 20.1 Å². The molecule has 7 rings (SSSR count). The van der Waals surface area contributed by atoms with Crippen LogP contribution in [0.2, 0.25) is 0 Å². The number of likely N-dealkylation sites (tertiary alicyclic amines) is 1. The van der Waals surface area contributed by atoms with Crippen LogP contribution in [0.1, 0.15) is 48.8 Å². The summed E-state index contributed by atoms with van der Waals surface area (Å²) < 4.78 is 48.3. The summed E-state index contributed by atoms with van der Waals surface area (Å²) in [4.78, 5) is 17.4. The van der Waals surface area contributed by atoms with Crippen molar-refractivity contribution in [2.45, 2.75) is 74.1 Å². The van der Waals surface area contributed by atoms with Crippen molar-refractivity contribution < 1.29 is 37.7 Å². The van der Waals surface area contributed by atoms with Crippen molar-refractivity contribution in [1.29, 1.82) is 0 Å². The van der Waals surface area contributed by atoms with Crippen molar-refractivity contribution in [2.24, 2.45) is 5.92 Å². The largest absolute Gasteiger partial charge is 0.573 e. The van der Waals surface area contributed by atoms with Gasteiger partial charge in [0.1, 0.15) is 11.9 Å². The summed E-state index contributed by atoms with van der Waals surface area (Å²) in [6, 6.07) is 8.63. The van der Waals surface area contributed by atoms with E-state index < -0.39 is 23.5 Å². The quantitative estimate of drug-likeness (QED) is 0.502. The van der Waals surface area contributed by atoms with Crippen molar-refractivity contribution >= 4 is 12.0 Å². The van der Waals surface area contributed by atoms with Gasteiger partial charge in [-0.05, 0) is 80.0 Å². The van der Waals surface area contributed by atoms with Crippen molar-refractivity contribution in [1.82, 2.24) is 9.80 Å². The minimum Gasteiger partial charge on any atom is -0.504 e. The molecule has 3 fully saturated rings. The predicted molar refractivity (Wildman–Crippen MR) is 144 cm³/mol. The number of phenols is 1. The number of carbonyl (C=O) groups is 1. The van der Waals surface area contributed by atoms with Crippen LogP contribution in [0.5, 0.6) is 17.2 Å². The summed E-state index contributed by atoms with van der Waals surface area (Å²) in [5, 5.41) is 23.5. The number of ether oxygens (including phenoxy) is 2. The Labute approximate surface area is 236 Å². The Hall–Kier alpha value is -3.24. The van der Waals surface area contributed by atoms with Crippen LogP contribution in [0.25, 0.3) is 6.08 Å². The Morgan fingerprint density at radius 1 is 1.27 bits per heavy atom. The molecule has 1 saturated heterocycles. The Kier molecular flexibility index (Phi) is 5.93. The fourth-order valence-corrected chi connectivity index (χ4v) is 8.06. The Morgan fingerprint density at radius 2 is 2.07 bits per heavy atom. The molecular weight excluding hydrogens is 537 g/mol. The topological polar surface area (TPSA) is 82.5 Å². The Morgan fingerprint density at radius 3 is 2.83 bits per heavy atom. The standard InChI is InChI=1S/C31H33F3N2O5/c1-35(26(38)10-7-18-3-2-4-22(13-18)41-31(32,33)34)21-15-25-29-11-12-36(17-19-5-6-19)24(30(29,39)16-21)14-20-8-9-23(37)28(40-25)27(20)29/h2-4,7-10,13,19,21,24-25,37,39H,5-6,11-12,14-17H2,1H3/t21?,24-,25?,29-,30?/m1/s1. The SMILES string of the molecule is CN(C(=O)C=Cc1cccc(OC(F)(F)F)c1)C1CC2Oc3c(O)ccc4c3[C@@]23CCN(CC2CC2)[C@H](C4)C3(O)C1. The van der Waals surface area contributed by atoms with Crippen molar-refractivity contribution in [3.63, 3.8) is 0 Å². The third-order valence-corrected chi connectivity index (χ3v) is 10.1. The maximum absolute atomic E-state index is 13.3. The van der Waals surface area contributed by atoms with Crippen molar-refractivity contribution in [3.05, 3.63) is 59.2 Å². The number of aromatic hydroxyl groups is 1.